The normalized spacial score (nSPS) is 10.5. The minimum absolute atomic E-state index is 0.0938. The second-order valence-electron chi connectivity index (χ2n) is 5.44. The Bertz CT molecular complexity index is 664. The van der Waals surface area contributed by atoms with Crippen LogP contribution in [0.4, 0.5) is 10.1 Å². The van der Waals surface area contributed by atoms with Gasteiger partial charge in [-0.2, -0.15) is 0 Å². The second-order valence-corrected chi connectivity index (χ2v) is 5.44. The zero-order valence-corrected chi connectivity index (χ0v) is 12.7. The van der Waals surface area contributed by atoms with E-state index in [0.717, 1.165) is 5.56 Å². The van der Waals surface area contributed by atoms with Gasteiger partial charge in [-0.1, -0.05) is 29.8 Å². The first-order valence-electron chi connectivity index (χ1n) is 7.08. The molecule has 0 heterocycles. The van der Waals surface area contributed by atoms with Gasteiger partial charge in [-0.05, 0) is 56.0 Å². The van der Waals surface area contributed by atoms with Crippen molar-refractivity contribution in [3.8, 4) is 0 Å². The summed E-state index contributed by atoms with van der Waals surface area (Å²) in [6.45, 7) is 5.95. The van der Waals surface area contributed by atoms with Gasteiger partial charge in [-0.15, -0.1) is 0 Å². The van der Waals surface area contributed by atoms with E-state index in [1.807, 2.05) is 6.92 Å². The fourth-order valence-corrected chi connectivity index (χ4v) is 2.32. The molecule has 1 N–H and O–H groups in total. The van der Waals surface area contributed by atoms with Gasteiger partial charge >= 0.3 is 0 Å². The Morgan fingerprint density at radius 1 is 1.05 bits per heavy atom. The lowest BCUT2D eigenvalue weighted by Crippen LogP contribution is -2.13. The largest absolute Gasteiger partial charge is 0.326 e. The van der Waals surface area contributed by atoms with Crippen LogP contribution in [0.5, 0.6) is 0 Å². The molecule has 0 unspecified atom stereocenters. The fourth-order valence-electron chi connectivity index (χ4n) is 2.32. The molecule has 3 heteroatoms. The third kappa shape index (κ3) is 4.15. The lowest BCUT2D eigenvalue weighted by molar-refractivity contribution is -0.116. The highest BCUT2D eigenvalue weighted by atomic mass is 19.1. The van der Waals surface area contributed by atoms with Crippen LogP contribution in [-0.2, 0) is 11.2 Å². The van der Waals surface area contributed by atoms with Crippen LogP contribution in [0.15, 0.2) is 36.4 Å². The van der Waals surface area contributed by atoms with Crippen LogP contribution in [0.1, 0.15) is 28.7 Å². The zero-order valence-electron chi connectivity index (χ0n) is 12.7. The van der Waals surface area contributed by atoms with Crippen molar-refractivity contribution in [2.75, 3.05) is 5.32 Å². The Morgan fingerprint density at radius 2 is 1.81 bits per heavy atom. The summed E-state index contributed by atoms with van der Waals surface area (Å²) in [5.41, 5.74) is 4.99. The maximum Gasteiger partial charge on any atom is 0.224 e. The number of hydrogen-bond acceptors (Lipinski definition) is 1. The van der Waals surface area contributed by atoms with E-state index in [1.54, 1.807) is 6.07 Å². The first kappa shape index (κ1) is 15.2. The van der Waals surface area contributed by atoms with Crippen molar-refractivity contribution in [3.05, 3.63) is 64.5 Å². The molecule has 0 saturated heterocycles. The van der Waals surface area contributed by atoms with E-state index in [2.05, 4.69) is 37.4 Å². The summed E-state index contributed by atoms with van der Waals surface area (Å²) < 4.78 is 13.2. The number of nitrogens with one attached hydrogen (secondary N) is 1. The molecule has 0 aliphatic carbocycles. The molecular weight excluding hydrogens is 265 g/mol. The maximum atomic E-state index is 13.2. The number of halogens is 1. The summed E-state index contributed by atoms with van der Waals surface area (Å²) in [5, 5.41) is 2.77. The van der Waals surface area contributed by atoms with Crippen molar-refractivity contribution < 1.29 is 9.18 Å². The van der Waals surface area contributed by atoms with E-state index in [-0.39, 0.29) is 11.7 Å². The Labute approximate surface area is 125 Å². The number of rotatable bonds is 4. The minimum atomic E-state index is -0.342. The highest BCUT2D eigenvalue weighted by Crippen LogP contribution is 2.17. The highest BCUT2D eigenvalue weighted by molar-refractivity contribution is 5.91. The molecule has 2 aromatic carbocycles. The lowest BCUT2D eigenvalue weighted by Gasteiger charge is -2.10. The van der Waals surface area contributed by atoms with Crippen molar-refractivity contribution in [1.29, 1.82) is 0 Å². The second kappa shape index (κ2) is 6.53. The SMILES string of the molecule is Cc1ccc(CCC(=O)Nc2cc(F)ccc2C)c(C)c1. The van der Waals surface area contributed by atoms with Crippen molar-refractivity contribution in [1.82, 2.24) is 0 Å². The van der Waals surface area contributed by atoms with E-state index < -0.39 is 0 Å². The molecule has 0 aliphatic heterocycles. The number of carbonyl (C=O) groups excluding carboxylic acids is 1. The number of benzene rings is 2. The van der Waals surface area contributed by atoms with Gasteiger partial charge in [-0.3, -0.25) is 4.79 Å². The van der Waals surface area contributed by atoms with Gasteiger partial charge in [0.05, 0.1) is 0 Å². The molecule has 1 amide bonds. The molecular formula is C18H20FNO. The molecule has 2 rings (SSSR count). The van der Waals surface area contributed by atoms with Crippen LogP contribution in [0, 0.1) is 26.6 Å². The van der Waals surface area contributed by atoms with Gasteiger partial charge in [0.2, 0.25) is 5.91 Å². The van der Waals surface area contributed by atoms with E-state index in [9.17, 15) is 9.18 Å². The van der Waals surface area contributed by atoms with Gasteiger partial charge in [0, 0.05) is 12.1 Å². The van der Waals surface area contributed by atoms with Gasteiger partial charge in [-0.25, -0.2) is 4.39 Å². The Hall–Kier alpha value is -2.16. The van der Waals surface area contributed by atoms with E-state index in [0.29, 0.717) is 18.5 Å². The van der Waals surface area contributed by atoms with Crippen molar-refractivity contribution in [3.63, 3.8) is 0 Å². The van der Waals surface area contributed by atoms with Crippen molar-refractivity contribution in [2.45, 2.75) is 33.6 Å². The van der Waals surface area contributed by atoms with Crippen LogP contribution < -0.4 is 5.32 Å². The van der Waals surface area contributed by atoms with Gasteiger partial charge in [0.1, 0.15) is 5.82 Å². The molecule has 110 valence electrons. The van der Waals surface area contributed by atoms with E-state index in [1.165, 1.54) is 28.8 Å². The standard InChI is InChI=1S/C18H20FNO/c1-12-4-6-15(14(3)10-12)7-9-18(21)20-17-11-16(19)8-5-13(17)2/h4-6,8,10-11H,7,9H2,1-3H3,(H,20,21). The quantitative estimate of drug-likeness (QED) is 0.890. The molecule has 0 spiro atoms. The number of anilines is 1. The molecule has 0 atom stereocenters. The molecule has 0 saturated carbocycles. The Kier molecular flexibility index (Phi) is 4.73. The topological polar surface area (TPSA) is 29.1 Å². The number of amides is 1. The predicted octanol–water partition coefficient (Wildman–Crippen LogP) is 4.32. The highest BCUT2D eigenvalue weighted by Gasteiger charge is 2.07. The molecule has 0 radical (unpaired) electrons. The van der Waals surface area contributed by atoms with Crippen LogP contribution in [0.2, 0.25) is 0 Å². The Balaban J connectivity index is 1.97. The smallest absolute Gasteiger partial charge is 0.224 e. The van der Waals surface area contributed by atoms with Crippen molar-refractivity contribution in [2.24, 2.45) is 0 Å². The number of hydrogen-bond donors (Lipinski definition) is 1. The first-order chi connectivity index (χ1) is 9.95. The van der Waals surface area contributed by atoms with Crippen molar-refractivity contribution >= 4 is 11.6 Å². The van der Waals surface area contributed by atoms with Crippen LogP contribution in [0.25, 0.3) is 0 Å². The summed E-state index contributed by atoms with van der Waals surface area (Å²) in [7, 11) is 0. The summed E-state index contributed by atoms with van der Waals surface area (Å²) >= 11 is 0. The number of aryl methyl sites for hydroxylation is 4. The van der Waals surface area contributed by atoms with Gasteiger partial charge in [0.25, 0.3) is 0 Å². The first-order valence-corrected chi connectivity index (χ1v) is 7.08. The van der Waals surface area contributed by atoms with Crippen LogP contribution >= 0.6 is 0 Å². The molecule has 0 aromatic heterocycles. The molecule has 0 aliphatic rings. The van der Waals surface area contributed by atoms with E-state index in [4.69, 9.17) is 0 Å². The molecule has 2 nitrogen and oxygen atoms in total. The van der Waals surface area contributed by atoms with E-state index >= 15 is 0 Å². The number of carbonyl (C=O) groups is 1. The Morgan fingerprint density at radius 3 is 2.52 bits per heavy atom. The van der Waals surface area contributed by atoms with Crippen LogP contribution in [0.3, 0.4) is 0 Å². The average Bonchev–Trinajstić information content (AvgIpc) is 2.42. The lowest BCUT2D eigenvalue weighted by atomic mass is 10.0. The maximum absolute atomic E-state index is 13.2. The summed E-state index contributed by atoms with van der Waals surface area (Å²) in [5.74, 6) is -0.436. The molecule has 0 fully saturated rings. The predicted molar refractivity (Wildman–Crippen MR) is 84.0 cm³/mol. The summed E-state index contributed by atoms with van der Waals surface area (Å²) in [6.07, 6.45) is 1.08. The molecule has 21 heavy (non-hydrogen) atoms. The molecule has 2 aromatic rings. The van der Waals surface area contributed by atoms with Crippen LogP contribution in [-0.4, -0.2) is 5.91 Å². The fraction of sp³-hybridized carbons (Fsp3) is 0.278. The third-order valence-electron chi connectivity index (χ3n) is 3.59. The average molecular weight is 285 g/mol. The van der Waals surface area contributed by atoms with Gasteiger partial charge in [0.15, 0.2) is 0 Å². The minimum Gasteiger partial charge on any atom is -0.326 e. The monoisotopic (exact) mass is 285 g/mol. The summed E-state index contributed by atoms with van der Waals surface area (Å²) in [6, 6.07) is 10.6. The summed E-state index contributed by atoms with van der Waals surface area (Å²) in [4.78, 5) is 12.0. The zero-order chi connectivity index (χ0) is 15.4. The molecule has 0 bridgehead atoms. The van der Waals surface area contributed by atoms with Gasteiger partial charge < -0.3 is 5.32 Å². The third-order valence-corrected chi connectivity index (χ3v) is 3.59.